The highest BCUT2D eigenvalue weighted by molar-refractivity contribution is 9.08. The van der Waals surface area contributed by atoms with E-state index in [1.165, 1.54) is 0 Å². The quantitative estimate of drug-likeness (QED) is 0.828. The molecule has 1 N–H and O–H groups in total. The third-order valence-electron chi connectivity index (χ3n) is 1.69. The summed E-state index contributed by atoms with van der Waals surface area (Å²) in [5, 5.41) is 17.4. The Kier molecular flexibility index (Phi) is 3.20. The largest absolute Gasteiger partial charge is 0.478 e. The summed E-state index contributed by atoms with van der Waals surface area (Å²) in [6.45, 7) is 0. The van der Waals surface area contributed by atoms with Crippen LogP contribution >= 0.6 is 15.9 Å². The summed E-state index contributed by atoms with van der Waals surface area (Å²) < 4.78 is 13.2. The summed E-state index contributed by atoms with van der Waals surface area (Å²) in [6.07, 6.45) is 0. The van der Waals surface area contributed by atoms with E-state index in [4.69, 9.17) is 10.4 Å². The number of carbonyl (C=O) groups is 1. The first-order valence-electron chi connectivity index (χ1n) is 3.62. The number of halogens is 2. The molecule has 1 aromatic carbocycles. The van der Waals surface area contributed by atoms with Gasteiger partial charge in [0.2, 0.25) is 0 Å². The zero-order valence-corrected chi connectivity index (χ0v) is 8.51. The number of alkyl halides is 1. The summed E-state index contributed by atoms with van der Waals surface area (Å²) in [5.74, 6) is -1.92. The number of rotatable bonds is 2. The number of hydrogen-bond donors (Lipinski definition) is 1. The Hall–Kier alpha value is -1.41. The first kappa shape index (κ1) is 10.7. The van der Waals surface area contributed by atoms with Gasteiger partial charge in [0, 0.05) is 10.9 Å². The van der Waals surface area contributed by atoms with Crippen LogP contribution in [0.3, 0.4) is 0 Å². The first-order valence-corrected chi connectivity index (χ1v) is 4.74. The normalized spacial score (nSPS) is 9.50. The van der Waals surface area contributed by atoms with Crippen LogP contribution in [0.2, 0.25) is 0 Å². The van der Waals surface area contributed by atoms with Crippen LogP contribution in [0.25, 0.3) is 0 Å². The Morgan fingerprint density at radius 2 is 2.29 bits per heavy atom. The molecule has 3 nitrogen and oxygen atoms in total. The molecule has 0 aliphatic heterocycles. The second kappa shape index (κ2) is 4.20. The summed E-state index contributed by atoms with van der Waals surface area (Å²) in [5.41, 5.74) is -0.125. The second-order valence-electron chi connectivity index (χ2n) is 2.53. The Bertz CT molecular complexity index is 426. The van der Waals surface area contributed by atoms with Gasteiger partial charge >= 0.3 is 5.97 Å². The van der Waals surface area contributed by atoms with Gasteiger partial charge in [-0.25, -0.2) is 9.18 Å². The molecule has 1 rings (SSSR count). The Labute approximate surface area is 87.9 Å². The monoisotopic (exact) mass is 257 g/mol. The fraction of sp³-hybridized carbons (Fsp3) is 0.111. The topological polar surface area (TPSA) is 61.1 Å². The van der Waals surface area contributed by atoms with Crippen LogP contribution in [-0.4, -0.2) is 11.1 Å². The van der Waals surface area contributed by atoms with Crippen molar-refractivity contribution in [2.45, 2.75) is 5.33 Å². The molecule has 0 aliphatic carbocycles. The Morgan fingerprint density at radius 1 is 1.64 bits per heavy atom. The van der Waals surface area contributed by atoms with E-state index in [9.17, 15) is 9.18 Å². The van der Waals surface area contributed by atoms with Crippen molar-refractivity contribution in [1.29, 1.82) is 5.26 Å². The van der Waals surface area contributed by atoms with Crippen LogP contribution in [0, 0.1) is 17.1 Å². The molecule has 5 heteroatoms. The van der Waals surface area contributed by atoms with Gasteiger partial charge in [-0.1, -0.05) is 15.9 Å². The standard InChI is InChI=1S/C9H5BrFNO2/c10-3-7-6(9(13)14)1-5(4-12)2-8(7)11/h1-2H,3H2,(H,13,14). The fourth-order valence-electron chi connectivity index (χ4n) is 1.03. The molecule has 72 valence electrons. The van der Waals surface area contributed by atoms with Gasteiger partial charge in [-0.2, -0.15) is 5.26 Å². The molecule has 0 radical (unpaired) electrons. The van der Waals surface area contributed by atoms with E-state index in [1.807, 2.05) is 0 Å². The van der Waals surface area contributed by atoms with Gasteiger partial charge in [-0.05, 0) is 12.1 Å². The molecule has 0 fully saturated rings. The van der Waals surface area contributed by atoms with Crippen LogP contribution in [0.15, 0.2) is 12.1 Å². The van der Waals surface area contributed by atoms with Crippen molar-refractivity contribution in [2.24, 2.45) is 0 Å². The molecule has 0 bridgehead atoms. The summed E-state index contributed by atoms with van der Waals surface area (Å²) in [7, 11) is 0. The SMILES string of the molecule is N#Cc1cc(F)c(CBr)c(C(=O)O)c1. The lowest BCUT2D eigenvalue weighted by Crippen LogP contribution is -2.04. The number of hydrogen-bond acceptors (Lipinski definition) is 2. The zero-order chi connectivity index (χ0) is 10.7. The molecule has 0 unspecified atom stereocenters. The molecular weight excluding hydrogens is 253 g/mol. The maximum Gasteiger partial charge on any atom is 0.336 e. The van der Waals surface area contributed by atoms with Crippen molar-refractivity contribution in [1.82, 2.24) is 0 Å². The van der Waals surface area contributed by atoms with E-state index >= 15 is 0 Å². The van der Waals surface area contributed by atoms with E-state index in [1.54, 1.807) is 6.07 Å². The second-order valence-corrected chi connectivity index (χ2v) is 3.10. The van der Waals surface area contributed by atoms with Crippen molar-refractivity contribution in [3.63, 3.8) is 0 Å². The highest BCUT2D eigenvalue weighted by Gasteiger charge is 2.15. The van der Waals surface area contributed by atoms with Crippen LogP contribution in [-0.2, 0) is 5.33 Å². The zero-order valence-electron chi connectivity index (χ0n) is 6.92. The lowest BCUT2D eigenvalue weighted by Gasteiger charge is -2.04. The van der Waals surface area contributed by atoms with Gasteiger partial charge in [-0.15, -0.1) is 0 Å². The van der Waals surface area contributed by atoms with E-state index in [0.29, 0.717) is 0 Å². The molecule has 0 heterocycles. The van der Waals surface area contributed by atoms with Gasteiger partial charge in [0.15, 0.2) is 0 Å². The highest BCUT2D eigenvalue weighted by atomic mass is 79.9. The van der Waals surface area contributed by atoms with Crippen LogP contribution in [0.4, 0.5) is 4.39 Å². The molecule has 0 saturated carbocycles. The predicted octanol–water partition coefficient (Wildman–Crippen LogP) is 2.29. The first-order chi connectivity index (χ1) is 6.60. The van der Waals surface area contributed by atoms with E-state index in [0.717, 1.165) is 12.1 Å². The van der Waals surface area contributed by atoms with Crippen molar-refractivity contribution in [3.8, 4) is 6.07 Å². The van der Waals surface area contributed by atoms with Crippen molar-refractivity contribution < 1.29 is 14.3 Å². The maximum atomic E-state index is 13.2. The smallest absolute Gasteiger partial charge is 0.336 e. The van der Waals surface area contributed by atoms with Crippen LogP contribution in [0.5, 0.6) is 0 Å². The molecule has 0 spiro atoms. The molecule has 0 atom stereocenters. The number of nitriles is 1. The number of carboxylic acids is 1. The number of nitrogens with zero attached hydrogens (tertiary/aromatic N) is 1. The fourth-order valence-corrected chi connectivity index (χ4v) is 1.60. The molecule has 0 aliphatic rings. The van der Waals surface area contributed by atoms with Crippen molar-refractivity contribution in [3.05, 3.63) is 34.6 Å². The average molecular weight is 258 g/mol. The third-order valence-corrected chi connectivity index (χ3v) is 2.25. The predicted molar refractivity (Wildman–Crippen MR) is 50.7 cm³/mol. The maximum absolute atomic E-state index is 13.2. The van der Waals surface area contributed by atoms with E-state index in [2.05, 4.69) is 15.9 Å². The van der Waals surface area contributed by atoms with Gasteiger partial charge in [-0.3, -0.25) is 0 Å². The number of carboxylic acid groups (broad SMARTS) is 1. The van der Waals surface area contributed by atoms with E-state index in [-0.39, 0.29) is 22.0 Å². The lowest BCUT2D eigenvalue weighted by atomic mass is 10.1. The van der Waals surface area contributed by atoms with E-state index < -0.39 is 11.8 Å². The lowest BCUT2D eigenvalue weighted by molar-refractivity contribution is 0.0695. The highest BCUT2D eigenvalue weighted by Crippen LogP contribution is 2.19. The third kappa shape index (κ3) is 1.91. The van der Waals surface area contributed by atoms with Crippen molar-refractivity contribution >= 4 is 21.9 Å². The van der Waals surface area contributed by atoms with Crippen LogP contribution < -0.4 is 0 Å². The van der Waals surface area contributed by atoms with Gasteiger partial charge in [0.25, 0.3) is 0 Å². The number of benzene rings is 1. The summed E-state index contributed by atoms with van der Waals surface area (Å²) >= 11 is 2.99. The Morgan fingerprint density at radius 3 is 2.71 bits per heavy atom. The number of aromatic carboxylic acids is 1. The van der Waals surface area contributed by atoms with Crippen LogP contribution in [0.1, 0.15) is 21.5 Å². The molecule has 1 aromatic rings. The average Bonchev–Trinajstić information content (AvgIpc) is 2.16. The summed E-state index contributed by atoms with van der Waals surface area (Å²) in [4.78, 5) is 10.7. The molecule has 14 heavy (non-hydrogen) atoms. The minimum absolute atomic E-state index is 0.00426. The van der Waals surface area contributed by atoms with Gasteiger partial charge < -0.3 is 5.11 Å². The summed E-state index contributed by atoms with van der Waals surface area (Å²) in [6, 6.07) is 3.87. The molecule has 0 aromatic heterocycles. The van der Waals surface area contributed by atoms with Gasteiger partial charge in [0.1, 0.15) is 5.82 Å². The minimum atomic E-state index is -1.24. The molecule has 0 amide bonds. The Balaban J connectivity index is 3.45. The minimum Gasteiger partial charge on any atom is -0.478 e. The van der Waals surface area contributed by atoms with Crippen molar-refractivity contribution in [2.75, 3.05) is 0 Å². The molecule has 0 saturated heterocycles. The molecular formula is C9H5BrFNO2. The van der Waals surface area contributed by atoms with Gasteiger partial charge in [0.05, 0.1) is 17.2 Å².